The van der Waals surface area contributed by atoms with Gasteiger partial charge in [-0.3, -0.25) is 4.79 Å². The van der Waals surface area contributed by atoms with E-state index < -0.39 is 0 Å². The summed E-state index contributed by atoms with van der Waals surface area (Å²) < 4.78 is 0. The Balaban J connectivity index is 1.99. The predicted octanol–water partition coefficient (Wildman–Crippen LogP) is 1.19. The van der Waals surface area contributed by atoms with Crippen LogP contribution in [0.25, 0.3) is 0 Å². The van der Waals surface area contributed by atoms with Gasteiger partial charge in [-0.25, -0.2) is 0 Å². The second-order valence-corrected chi connectivity index (χ2v) is 4.48. The molecule has 4 nitrogen and oxygen atoms in total. The first-order valence-corrected chi connectivity index (χ1v) is 5.86. The summed E-state index contributed by atoms with van der Waals surface area (Å²) in [6.45, 7) is 5.09. The molecule has 1 aliphatic heterocycles. The van der Waals surface area contributed by atoms with Gasteiger partial charge in [0.05, 0.1) is 5.56 Å². The molecular formula is C12H19N3O. The Bertz CT molecular complexity index is 372. The van der Waals surface area contributed by atoms with Crippen LogP contribution in [0.15, 0.2) is 12.3 Å². The van der Waals surface area contributed by atoms with Crippen LogP contribution in [0.4, 0.5) is 0 Å². The number of aromatic nitrogens is 1. The molecule has 1 fully saturated rings. The Morgan fingerprint density at radius 3 is 3.00 bits per heavy atom. The van der Waals surface area contributed by atoms with E-state index in [1.807, 2.05) is 13.0 Å². The van der Waals surface area contributed by atoms with Gasteiger partial charge in [0.25, 0.3) is 5.91 Å². The first-order valence-electron chi connectivity index (χ1n) is 5.86. The van der Waals surface area contributed by atoms with Crippen LogP contribution in [0.2, 0.25) is 0 Å². The van der Waals surface area contributed by atoms with E-state index in [4.69, 9.17) is 0 Å². The van der Waals surface area contributed by atoms with E-state index in [2.05, 4.69) is 22.5 Å². The third-order valence-electron chi connectivity index (χ3n) is 3.28. The van der Waals surface area contributed by atoms with E-state index in [9.17, 15) is 4.79 Å². The van der Waals surface area contributed by atoms with Crippen molar-refractivity contribution in [3.05, 3.63) is 23.5 Å². The normalized spacial score (nSPS) is 25.4. The molecule has 16 heavy (non-hydrogen) atoms. The zero-order valence-electron chi connectivity index (χ0n) is 9.84. The van der Waals surface area contributed by atoms with Gasteiger partial charge in [-0.1, -0.05) is 0 Å². The number of aryl methyl sites for hydroxylation is 1. The molecular weight excluding hydrogens is 202 g/mol. The van der Waals surface area contributed by atoms with Gasteiger partial charge in [0.2, 0.25) is 0 Å². The molecule has 0 aliphatic carbocycles. The fraction of sp³-hybridized carbons (Fsp3) is 0.583. The number of hydrogen-bond donors (Lipinski definition) is 3. The number of nitrogens with one attached hydrogen (secondary N) is 3. The van der Waals surface area contributed by atoms with Gasteiger partial charge in [-0.05, 0) is 39.3 Å². The lowest BCUT2D eigenvalue weighted by Crippen LogP contribution is -2.51. The standard InChI is InChI=1S/C12H19N3O/c1-8-10(5-7-14-8)12(16)15-11-4-3-6-13-9(11)2/h5,7,9,11,13-14H,3-4,6H2,1-2H3,(H,15,16). The highest BCUT2D eigenvalue weighted by Gasteiger charge is 2.23. The molecule has 88 valence electrons. The SMILES string of the molecule is Cc1[nH]ccc1C(=O)NC1CCCNC1C. The van der Waals surface area contributed by atoms with Crippen LogP contribution in [-0.2, 0) is 0 Å². The summed E-state index contributed by atoms with van der Waals surface area (Å²) in [7, 11) is 0. The van der Waals surface area contributed by atoms with Crippen molar-refractivity contribution in [3.63, 3.8) is 0 Å². The van der Waals surface area contributed by atoms with Crippen molar-refractivity contribution < 1.29 is 4.79 Å². The second-order valence-electron chi connectivity index (χ2n) is 4.48. The summed E-state index contributed by atoms with van der Waals surface area (Å²) in [6.07, 6.45) is 3.98. The van der Waals surface area contributed by atoms with Gasteiger partial charge in [0.15, 0.2) is 0 Å². The highest BCUT2D eigenvalue weighted by molar-refractivity contribution is 5.95. The Hall–Kier alpha value is -1.29. The molecule has 0 bridgehead atoms. The summed E-state index contributed by atoms with van der Waals surface area (Å²) in [6, 6.07) is 2.43. The van der Waals surface area contributed by atoms with Gasteiger partial charge >= 0.3 is 0 Å². The molecule has 2 rings (SSSR count). The molecule has 2 heterocycles. The van der Waals surface area contributed by atoms with Crippen LogP contribution in [0.3, 0.4) is 0 Å². The van der Waals surface area contributed by atoms with Gasteiger partial charge < -0.3 is 15.6 Å². The molecule has 0 spiro atoms. The van der Waals surface area contributed by atoms with Crippen LogP contribution in [0.1, 0.15) is 35.8 Å². The monoisotopic (exact) mass is 221 g/mol. The first-order chi connectivity index (χ1) is 7.68. The lowest BCUT2D eigenvalue weighted by atomic mass is 9.99. The molecule has 0 saturated carbocycles. The summed E-state index contributed by atoms with van der Waals surface area (Å²) in [4.78, 5) is 15.0. The van der Waals surface area contributed by atoms with E-state index in [1.54, 1.807) is 6.20 Å². The molecule has 1 amide bonds. The number of aromatic amines is 1. The largest absolute Gasteiger partial charge is 0.365 e. The number of carbonyl (C=O) groups excluding carboxylic acids is 1. The van der Waals surface area contributed by atoms with E-state index in [0.29, 0.717) is 6.04 Å². The highest BCUT2D eigenvalue weighted by Crippen LogP contribution is 2.11. The summed E-state index contributed by atoms with van der Waals surface area (Å²) in [5, 5.41) is 6.47. The highest BCUT2D eigenvalue weighted by atomic mass is 16.1. The number of carbonyl (C=O) groups is 1. The van der Waals surface area contributed by atoms with E-state index in [0.717, 1.165) is 30.6 Å². The van der Waals surface area contributed by atoms with Gasteiger partial charge in [0.1, 0.15) is 0 Å². The minimum absolute atomic E-state index is 0.0271. The molecule has 1 aromatic heterocycles. The number of rotatable bonds is 2. The average Bonchev–Trinajstić information content (AvgIpc) is 2.68. The molecule has 1 aliphatic rings. The molecule has 3 N–H and O–H groups in total. The molecule has 1 saturated heterocycles. The van der Waals surface area contributed by atoms with Crippen molar-refractivity contribution in [1.29, 1.82) is 0 Å². The van der Waals surface area contributed by atoms with Crippen molar-refractivity contribution in [3.8, 4) is 0 Å². The maximum Gasteiger partial charge on any atom is 0.253 e. The first kappa shape index (κ1) is 11.2. The van der Waals surface area contributed by atoms with Crippen molar-refractivity contribution in [1.82, 2.24) is 15.6 Å². The number of amides is 1. The van der Waals surface area contributed by atoms with Gasteiger partial charge in [-0.15, -0.1) is 0 Å². The molecule has 0 aromatic carbocycles. The Morgan fingerprint density at radius 1 is 1.56 bits per heavy atom. The topological polar surface area (TPSA) is 56.9 Å². The zero-order valence-corrected chi connectivity index (χ0v) is 9.84. The third kappa shape index (κ3) is 2.27. The minimum atomic E-state index is 0.0271. The zero-order chi connectivity index (χ0) is 11.5. The van der Waals surface area contributed by atoms with Crippen molar-refractivity contribution in [2.45, 2.75) is 38.8 Å². The lowest BCUT2D eigenvalue weighted by Gasteiger charge is -2.30. The van der Waals surface area contributed by atoms with Gasteiger partial charge in [-0.2, -0.15) is 0 Å². The minimum Gasteiger partial charge on any atom is -0.365 e. The molecule has 2 atom stereocenters. The van der Waals surface area contributed by atoms with Crippen LogP contribution in [0.5, 0.6) is 0 Å². The summed E-state index contributed by atoms with van der Waals surface area (Å²) in [5.74, 6) is 0.0271. The quantitative estimate of drug-likeness (QED) is 0.702. The Labute approximate surface area is 95.8 Å². The third-order valence-corrected chi connectivity index (χ3v) is 3.28. The van der Waals surface area contributed by atoms with Crippen molar-refractivity contribution >= 4 is 5.91 Å². The number of piperidine rings is 1. The number of hydrogen-bond acceptors (Lipinski definition) is 2. The molecule has 1 aromatic rings. The molecule has 2 unspecified atom stereocenters. The number of H-pyrrole nitrogens is 1. The van der Waals surface area contributed by atoms with E-state index >= 15 is 0 Å². The van der Waals surface area contributed by atoms with Crippen molar-refractivity contribution in [2.75, 3.05) is 6.54 Å². The maximum absolute atomic E-state index is 12.0. The van der Waals surface area contributed by atoms with Crippen LogP contribution in [-0.4, -0.2) is 29.5 Å². The maximum atomic E-state index is 12.0. The van der Waals surface area contributed by atoms with Crippen LogP contribution in [0, 0.1) is 6.92 Å². The fourth-order valence-electron chi connectivity index (χ4n) is 2.19. The summed E-state index contributed by atoms with van der Waals surface area (Å²) in [5.41, 5.74) is 1.67. The Kier molecular flexibility index (Phi) is 3.29. The second kappa shape index (κ2) is 4.70. The fourth-order valence-corrected chi connectivity index (χ4v) is 2.19. The van der Waals surface area contributed by atoms with Crippen LogP contribution >= 0.6 is 0 Å². The molecule has 0 radical (unpaired) electrons. The van der Waals surface area contributed by atoms with Gasteiger partial charge in [0, 0.05) is 24.0 Å². The average molecular weight is 221 g/mol. The van der Waals surface area contributed by atoms with E-state index in [1.165, 1.54) is 0 Å². The predicted molar refractivity (Wildman–Crippen MR) is 63.5 cm³/mol. The van der Waals surface area contributed by atoms with Crippen LogP contribution < -0.4 is 10.6 Å². The lowest BCUT2D eigenvalue weighted by molar-refractivity contribution is 0.0919. The van der Waals surface area contributed by atoms with Crippen molar-refractivity contribution in [2.24, 2.45) is 0 Å². The Morgan fingerprint density at radius 2 is 2.38 bits per heavy atom. The smallest absolute Gasteiger partial charge is 0.253 e. The summed E-state index contributed by atoms with van der Waals surface area (Å²) >= 11 is 0. The molecule has 4 heteroatoms. The van der Waals surface area contributed by atoms with E-state index in [-0.39, 0.29) is 11.9 Å².